The number of carbonyl (C=O) groups excluding carboxylic acids is 1. The van der Waals surface area contributed by atoms with Crippen LogP contribution in [0.1, 0.15) is 47.4 Å². The average molecular weight is 395 g/mol. The number of thiophene rings is 1. The molecule has 1 N–H and O–H groups in total. The number of fused-ring (bicyclic) bond motifs is 3. The Labute approximate surface area is 166 Å². The van der Waals surface area contributed by atoms with Gasteiger partial charge in [0.05, 0.1) is 17.9 Å². The van der Waals surface area contributed by atoms with Gasteiger partial charge < -0.3 is 0 Å². The molecule has 6 nitrogen and oxygen atoms in total. The van der Waals surface area contributed by atoms with Crippen molar-refractivity contribution in [3.8, 4) is 0 Å². The van der Waals surface area contributed by atoms with Gasteiger partial charge in [-0.15, -0.1) is 11.3 Å². The normalized spacial score (nSPS) is 14.9. The second kappa shape index (κ2) is 7.67. The molecule has 0 unspecified atom stereocenters. The summed E-state index contributed by atoms with van der Waals surface area (Å²) in [5, 5.41) is 4.70. The fourth-order valence-electron chi connectivity index (χ4n) is 3.48. The van der Waals surface area contributed by atoms with E-state index in [0.717, 1.165) is 47.2 Å². The van der Waals surface area contributed by atoms with E-state index in [-0.39, 0.29) is 11.5 Å². The minimum atomic E-state index is -0.696. The lowest BCUT2D eigenvalue weighted by atomic mass is 9.97. The molecule has 0 fully saturated rings. The monoisotopic (exact) mass is 394 g/mol. The first-order valence-electron chi connectivity index (χ1n) is 9.45. The molecular formula is C21H22N4O2S. The molecule has 0 saturated carbocycles. The van der Waals surface area contributed by atoms with Crippen molar-refractivity contribution in [2.45, 2.75) is 45.6 Å². The number of aromatic nitrogens is 2. The number of nitrogens with zero attached hydrogens (tertiary/aromatic N) is 3. The molecule has 1 aromatic carbocycles. The maximum atomic E-state index is 13.0. The van der Waals surface area contributed by atoms with Crippen LogP contribution in [0.15, 0.2) is 40.5 Å². The van der Waals surface area contributed by atoms with Crippen LogP contribution in [0.2, 0.25) is 0 Å². The maximum absolute atomic E-state index is 13.0. The zero-order valence-electron chi connectivity index (χ0n) is 15.9. The topological polar surface area (TPSA) is 76.3 Å². The van der Waals surface area contributed by atoms with E-state index >= 15 is 0 Å². The van der Waals surface area contributed by atoms with Gasteiger partial charge >= 0.3 is 0 Å². The first-order chi connectivity index (χ1) is 13.5. The van der Waals surface area contributed by atoms with E-state index in [4.69, 9.17) is 0 Å². The zero-order valence-corrected chi connectivity index (χ0v) is 16.8. The maximum Gasteiger partial charge on any atom is 0.263 e. The number of rotatable bonds is 4. The highest BCUT2D eigenvalue weighted by atomic mass is 32.1. The van der Waals surface area contributed by atoms with E-state index in [0.29, 0.717) is 5.39 Å². The molecule has 0 radical (unpaired) electrons. The molecule has 1 atom stereocenters. The Hall–Kier alpha value is -2.80. The van der Waals surface area contributed by atoms with E-state index in [9.17, 15) is 9.59 Å². The fourth-order valence-corrected chi connectivity index (χ4v) is 4.70. The van der Waals surface area contributed by atoms with Crippen molar-refractivity contribution in [3.05, 3.63) is 62.5 Å². The summed E-state index contributed by atoms with van der Waals surface area (Å²) in [6, 6.07) is 7.12. The highest BCUT2D eigenvalue weighted by Gasteiger charge is 2.23. The highest BCUT2D eigenvalue weighted by molar-refractivity contribution is 7.18. The molecule has 0 spiro atoms. The summed E-state index contributed by atoms with van der Waals surface area (Å²) in [7, 11) is 0. The summed E-state index contributed by atoms with van der Waals surface area (Å²) >= 11 is 1.61. The van der Waals surface area contributed by atoms with Crippen LogP contribution < -0.4 is 11.0 Å². The molecule has 4 rings (SSSR count). The molecule has 2 aromatic heterocycles. The van der Waals surface area contributed by atoms with Gasteiger partial charge in [-0.05, 0) is 50.7 Å². The number of carbonyl (C=O) groups is 1. The van der Waals surface area contributed by atoms with E-state index in [1.54, 1.807) is 24.5 Å². The number of hydrogen-bond acceptors (Lipinski definition) is 5. The smallest absolute Gasteiger partial charge is 0.263 e. The summed E-state index contributed by atoms with van der Waals surface area (Å²) in [6.07, 6.45) is 7.24. The van der Waals surface area contributed by atoms with Crippen LogP contribution in [0, 0.1) is 6.92 Å². The van der Waals surface area contributed by atoms with Gasteiger partial charge in [0.1, 0.15) is 10.9 Å². The zero-order chi connectivity index (χ0) is 19.7. The number of aryl methyl sites for hydroxylation is 3. The molecule has 1 aliphatic carbocycles. The second-order valence-electron chi connectivity index (χ2n) is 7.17. The Morgan fingerprint density at radius 1 is 1.29 bits per heavy atom. The third kappa shape index (κ3) is 3.49. The first kappa shape index (κ1) is 18.6. The SMILES string of the molecule is Cc1ccc(/C=N/NC(=O)[C@H](C)n2cnc3sc4c(c3c2=O)CCCC4)cc1. The second-order valence-corrected chi connectivity index (χ2v) is 8.25. The lowest BCUT2D eigenvalue weighted by molar-refractivity contribution is -0.123. The summed E-state index contributed by atoms with van der Waals surface area (Å²) in [5.41, 5.74) is 5.56. The molecule has 28 heavy (non-hydrogen) atoms. The van der Waals surface area contributed by atoms with Gasteiger partial charge in [0.2, 0.25) is 0 Å². The third-order valence-electron chi connectivity index (χ3n) is 5.16. The molecular weight excluding hydrogens is 372 g/mol. The minimum absolute atomic E-state index is 0.144. The van der Waals surface area contributed by atoms with Crippen LogP contribution in [0.4, 0.5) is 0 Å². The quantitative estimate of drug-likeness (QED) is 0.545. The molecule has 0 bridgehead atoms. The molecule has 144 valence electrons. The third-order valence-corrected chi connectivity index (χ3v) is 6.36. The van der Waals surface area contributed by atoms with Gasteiger partial charge in [-0.3, -0.25) is 14.2 Å². The number of hydrazone groups is 1. The number of amides is 1. The molecule has 7 heteroatoms. The van der Waals surface area contributed by atoms with Crippen LogP contribution in [0.5, 0.6) is 0 Å². The number of hydrogen-bond donors (Lipinski definition) is 1. The van der Waals surface area contributed by atoms with Crippen LogP contribution in [0.25, 0.3) is 10.2 Å². The molecule has 1 aliphatic rings. The predicted octanol–water partition coefficient (Wildman–Crippen LogP) is 3.36. The summed E-state index contributed by atoms with van der Waals surface area (Å²) in [5.74, 6) is -0.351. The van der Waals surface area contributed by atoms with Gasteiger partial charge in [-0.25, -0.2) is 10.4 Å². The van der Waals surface area contributed by atoms with E-state index in [2.05, 4.69) is 15.5 Å². The Morgan fingerprint density at radius 2 is 2.04 bits per heavy atom. The lowest BCUT2D eigenvalue weighted by Crippen LogP contribution is -2.34. The van der Waals surface area contributed by atoms with Gasteiger partial charge in [0.15, 0.2) is 0 Å². The minimum Gasteiger partial charge on any atom is -0.286 e. The Kier molecular flexibility index (Phi) is 5.09. The van der Waals surface area contributed by atoms with Gasteiger partial charge in [-0.2, -0.15) is 5.10 Å². The largest absolute Gasteiger partial charge is 0.286 e. The van der Waals surface area contributed by atoms with Gasteiger partial charge in [0.25, 0.3) is 11.5 Å². The molecule has 0 saturated heterocycles. The summed E-state index contributed by atoms with van der Waals surface area (Å²) in [4.78, 5) is 32.0. The summed E-state index contributed by atoms with van der Waals surface area (Å²) in [6.45, 7) is 3.70. The van der Waals surface area contributed by atoms with Crippen LogP contribution in [-0.4, -0.2) is 21.7 Å². The van der Waals surface area contributed by atoms with Crippen LogP contribution in [-0.2, 0) is 17.6 Å². The predicted molar refractivity (Wildman–Crippen MR) is 112 cm³/mol. The summed E-state index contributed by atoms with van der Waals surface area (Å²) < 4.78 is 1.40. The van der Waals surface area contributed by atoms with Crippen molar-refractivity contribution >= 4 is 33.7 Å². The van der Waals surface area contributed by atoms with Crippen molar-refractivity contribution in [1.82, 2.24) is 15.0 Å². The van der Waals surface area contributed by atoms with Gasteiger partial charge in [0, 0.05) is 4.88 Å². The molecule has 2 heterocycles. The highest BCUT2D eigenvalue weighted by Crippen LogP contribution is 2.33. The van der Waals surface area contributed by atoms with Crippen molar-refractivity contribution in [2.75, 3.05) is 0 Å². The lowest BCUT2D eigenvalue weighted by Gasteiger charge is -2.14. The fraction of sp³-hybridized carbons (Fsp3) is 0.333. The first-order valence-corrected chi connectivity index (χ1v) is 10.3. The molecule has 3 aromatic rings. The van der Waals surface area contributed by atoms with Gasteiger partial charge in [-0.1, -0.05) is 29.8 Å². The van der Waals surface area contributed by atoms with E-state index in [1.807, 2.05) is 31.2 Å². The molecule has 1 amide bonds. The van der Waals surface area contributed by atoms with E-state index in [1.165, 1.54) is 15.8 Å². The standard InChI is InChI=1S/C21H22N4O2S/c1-13-7-9-15(10-8-13)11-23-24-19(26)14(2)25-12-22-20-18(21(25)27)16-5-3-4-6-17(16)28-20/h7-12,14H,3-6H2,1-2H3,(H,24,26)/b23-11+/t14-/m0/s1. The Bertz CT molecular complexity index is 1110. The van der Waals surface area contributed by atoms with Crippen molar-refractivity contribution in [3.63, 3.8) is 0 Å². The van der Waals surface area contributed by atoms with Crippen molar-refractivity contribution in [2.24, 2.45) is 5.10 Å². The van der Waals surface area contributed by atoms with Crippen molar-refractivity contribution < 1.29 is 4.79 Å². The number of benzene rings is 1. The number of nitrogens with one attached hydrogen (secondary N) is 1. The van der Waals surface area contributed by atoms with Crippen molar-refractivity contribution in [1.29, 1.82) is 0 Å². The van der Waals surface area contributed by atoms with Crippen LogP contribution >= 0.6 is 11.3 Å². The van der Waals surface area contributed by atoms with Crippen LogP contribution in [0.3, 0.4) is 0 Å². The average Bonchev–Trinajstić information content (AvgIpc) is 3.08. The Balaban J connectivity index is 1.55. The van der Waals surface area contributed by atoms with E-state index < -0.39 is 6.04 Å². The Morgan fingerprint density at radius 3 is 2.82 bits per heavy atom. The molecule has 0 aliphatic heterocycles.